The van der Waals surface area contributed by atoms with Gasteiger partial charge in [-0.15, -0.1) is 0 Å². The van der Waals surface area contributed by atoms with Crippen LogP contribution in [0.2, 0.25) is 0 Å². The molecule has 2 aliphatic rings. The van der Waals surface area contributed by atoms with E-state index < -0.39 is 9.84 Å². The van der Waals surface area contributed by atoms with Crippen LogP contribution in [0.5, 0.6) is 0 Å². The Morgan fingerprint density at radius 2 is 2.06 bits per heavy atom. The Morgan fingerprint density at radius 3 is 2.41 bits per heavy atom. The van der Waals surface area contributed by atoms with Crippen LogP contribution in [0, 0.1) is 5.41 Å². The molecule has 17 heavy (non-hydrogen) atoms. The molecule has 1 heterocycles. The van der Waals surface area contributed by atoms with Crippen LogP contribution in [0.1, 0.15) is 33.1 Å². The number of hydrogen-bond acceptors (Lipinski definition) is 4. The Morgan fingerprint density at radius 1 is 1.47 bits per heavy atom. The highest BCUT2D eigenvalue weighted by Crippen LogP contribution is 2.55. The fraction of sp³-hybridized carbons (Fsp3) is 1.00. The van der Waals surface area contributed by atoms with Gasteiger partial charge in [-0.05, 0) is 38.6 Å². The molecule has 0 amide bonds. The highest BCUT2D eigenvalue weighted by Gasteiger charge is 2.56. The maximum atomic E-state index is 11.6. The Kier molecular flexibility index (Phi) is 3.08. The molecule has 2 atom stereocenters. The van der Waals surface area contributed by atoms with Gasteiger partial charge in [-0.3, -0.25) is 4.90 Å². The van der Waals surface area contributed by atoms with Crippen LogP contribution >= 0.6 is 0 Å². The van der Waals surface area contributed by atoms with Gasteiger partial charge in [-0.1, -0.05) is 6.92 Å². The largest absolute Gasteiger partial charge is 0.329 e. The van der Waals surface area contributed by atoms with Crippen molar-refractivity contribution in [3.05, 3.63) is 0 Å². The van der Waals surface area contributed by atoms with Crippen molar-refractivity contribution in [1.82, 2.24) is 4.90 Å². The second-order valence-corrected chi connectivity index (χ2v) is 8.44. The van der Waals surface area contributed by atoms with E-state index in [0.717, 1.165) is 6.42 Å². The van der Waals surface area contributed by atoms with Crippen LogP contribution < -0.4 is 5.73 Å². The maximum Gasteiger partial charge on any atom is 0.151 e. The molecule has 5 heteroatoms. The standard InChI is InChI=1S/C12H24N2O2S/c1-11(5-6-11)12(2,9-13)14(3)10-4-7-17(15,16)8-10/h10H,4-9,13H2,1-3H3. The van der Waals surface area contributed by atoms with Crippen molar-refractivity contribution in [2.45, 2.75) is 44.7 Å². The second kappa shape index (κ2) is 3.93. The van der Waals surface area contributed by atoms with Crippen molar-refractivity contribution < 1.29 is 8.42 Å². The number of likely N-dealkylation sites (N-methyl/N-ethyl adjacent to an activating group) is 1. The molecule has 0 aromatic carbocycles. The third-order valence-corrected chi connectivity index (χ3v) is 6.98. The molecule has 1 aliphatic carbocycles. The lowest BCUT2D eigenvalue weighted by Crippen LogP contribution is -2.59. The Hall–Kier alpha value is -0.130. The molecular weight excluding hydrogens is 236 g/mol. The van der Waals surface area contributed by atoms with E-state index >= 15 is 0 Å². The average molecular weight is 260 g/mol. The molecule has 0 aromatic heterocycles. The fourth-order valence-corrected chi connectivity index (χ4v) is 4.80. The zero-order valence-electron chi connectivity index (χ0n) is 11.1. The van der Waals surface area contributed by atoms with Crippen molar-refractivity contribution in [3.8, 4) is 0 Å². The summed E-state index contributed by atoms with van der Waals surface area (Å²) in [5.41, 5.74) is 6.17. The summed E-state index contributed by atoms with van der Waals surface area (Å²) in [4.78, 5) is 2.24. The van der Waals surface area contributed by atoms with Gasteiger partial charge in [0, 0.05) is 18.1 Å². The average Bonchev–Trinajstić information content (AvgIpc) is 2.92. The number of nitrogens with zero attached hydrogens (tertiary/aromatic N) is 1. The Balaban J connectivity index is 2.16. The molecule has 0 radical (unpaired) electrons. The molecule has 2 rings (SSSR count). The summed E-state index contributed by atoms with van der Waals surface area (Å²) in [6, 6.07) is 0.144. The molecule has 2 fully saturated rings. The van der Waals surface area contributed by atoms with Crippen molar-refractivity contribution in [2.75, 3.05) is 25.1 Å². The van der Waals surface area contributed by atoms with E-state index in [-0.39, 0.29) is 17.0 Å². The summed E-state index contributed by atoms with van der Waals surface area (Å²) in [5, 5.41) is 0. The normalized spacial score (nSPS) is 33.6. The van der Waals surface area contributed by atoms with E-state index in [0.29, 0.717) is 18.1 Å². The van der Waals surface area contributed by atoms with E-state index in [9.17, 15) is 8.42 Å². The summed E-state index contributed by atoms with van der Waals surface area (Å²) in [5.74, 6) is 0.633. The number of hydrogen-bond donors (Lipinski definition) is 1. The first-order valence-corrected chi connectivity index (χ1v) is 8.20. The lowest BCUT2D eigenvalue weighted by atomic mass is 9.81. The van der Waals surface area contributed by atoms with Gasteiger partial charge in [-0.25, -0.2) is 8.42 Å². The first-order valence-electron chi connectivity index (χ1n) is 6.38. The molecule has 1 saturated heterocycles. The van der Waals surface area contributed by atoms with Crippen LogP contribution in [-0.4, -0.2) is 50.0 Å². The van der Waals surface area contributed by atoms with Gasteiger partial charge in [0.05, 0.1) is 11.5 Å². The minimum Gasteiger partial charge on any atom is -0.329 e. The lowest BCUT2D eigenvalue weighted by molar-refractivity contribution is 0.0427. The van der Waals surface area contributed by atoms with E-state index in [2.05, 4.69) is 18.7 Å². The van der Waals surface area contributed by atoms with E-state index in [1.165, 1.54) is 12.8 Å². The maximum absolute atomic E-state index is 11.6. The predicted octanol–water partition coefficient (Wildman–Crippen LogP) is 0.623. The number of nitrogens with two attached hydrogens (primary N) is 1. The predicted molar refractivity (Wildman–Crippen MR) is 69.6 cm³/mol. The quantitative estimate of drug-likeness (QED) is 0.805. The Labute approximate surface area is 104 Å². The number of rotatable bonds is 4. The van der Waals surface area contributed by atoms with Crippen LogP contribution in [0.25, 0.3) is 0 Å². The zero-order chi connectivity index (χ0) is 12.9. The Bertz CT molecular complexity index is 403. The number of sulfone groups is 1. The topological polar surface area (TPSA) is 63.4 Å². The van der Waals surface area contributed by atoms with Crippen LogP contribution in [0.3, 0.4) is 0 Å². The smallest absolute Gasteiger partial charge is 0.151 e. The molecular formula is C12H24N2O2S. The molecule has 0 spiro atoms. The van der Waals surface area contributed by atoms with Gasteiger partial charge in [-0.2, -0.15) is 0 Å². The minimum atomic E-state index is -2.82. The highest BCUT2D eigenvalue weighted by molar-refractivity contribution is 7.91. The summed E-state index contributed by atoms with van der Waals surface area (Å²) in [6.07, 6.45) is 3.15. The summed E-state index contributed by atoms with van der Waals surface area (Å²) >= 11 is 0. The van der Waals surface area contributed by atoms with Gasteiger partial charge in [0.2, 0.25) is 0 Å². The van der Waals surface area contributed by atoms with E-state index in [1.807, 2.05) is 7.05 Å². The lowest BCUT2D eigenvalue weighted by Gasteiger charge is -2.46. The SMILES string of the molecule is CN(C1CCS(=O)(=O)C1)C(C)(CN)C1(C)CC1. The molecule has 2 N–H and O–H groups in total. The van der Waals surface area contributed by atoms with Crippen LogP contribution in [-0.2, 0) is 9.84 Å². The van der Waals surface area contributed by atoms with Crippen LogP contribution in [0.15, 0.2) is 0 Å². The summed E-state index contributed by atoms with van der Waals surface area (Å²) < 4.78 is 23.1. The summed E-state index contributed by atoms with van der Waals surface area (Å²) in [7, 11) is -0.773. The van der Waals surface area contributed by atoms with Gasteiger partial charge in [0.25, 0.3) is 0 Å². The highest BCUT2D eigenvalue weighted by atomic mass is 32.2. The van der Waals surface area contributed by atoms with Crippen molar-refractivity contribution >= 4 is 9.84 Å². The zero-order valence-corrected chi connectivity index (χ0v) is 11.9. The first kappa shape index (κ1) is 13.3. The van der Waals surface area contributed by atoms with Crippen molar-refractivity contribution in [3.63, 3.8) is 0 Å². The monoisotopic (exact) mass is 260 g/mol. The van der Waals surface area contributed by atoms with Crippen LogP contribution in [0.4, 0.5) is 0 Å². The van der Waals surface area contributed by atoms with E-state index in [4.69, 9.17) is 5.73 Å². The molecule has 0 aromatic rings. The second-order valence-electron chi connectivity index (χ2n) is 6.21. The first-order chi connectivity index (χ1) is 7.74. The molecule has 1 aliphatic heterocycles. The van der Waals surface area contributed by atoms with Crippen molar-refractivity contribution in [2.24, 2.45) is 11.1 Å². The summed E-state index contributed by atoms with van der Waals surface area (Å²) in [6.45, 7) is 5.04. The third-order valence-electron chi connectivity index (χ3n) is 5.23. The van der Waals surface area contributed by atoms with Gasteiger partial charge < -0.3 is 5.73 Å². The molecule has 4 nitrogen and oxygen atoms in total. The molecule has 100 valence electrons. The minimum absolute atomic E-state index is 0.0719. The fourth-order valence-electron chi connectivity index (χ4n) is 3.03. The molecule has 2 unspecified atom stereocenters. The molecule has 1 saturated carbocycles. The van der Waals surface area contributed by atoms with Crippen molar-refractivity contribution in [1.29, 1.82) is 0 Å². The molecule has 0 bridgehead atoms. The van der Waals surface area contributed by atoms with E-state index in [1.54, 1.807) is 0 Å². The van der Waals surface area contributed by atoms with Gasteiger partial charge in [0.15, 0.2) is 9.84 Å². The third kappa shape index (κ3) is 2.13. The van der Waals surface area contributed by atoms with Gasteiger partial charge in [0.1, 0.15) is 0 Å². The van der Waals surface area contributed by atoms with Gasteiger partial charge >= 0.3 is 0 Å².